The summed E-state index contributed by atoms with van der Waals surface area (Å²) >= 11 is 0. The second-order valence-electron chi connectivity index (χ2n) is 7.67. The summed E-state index contributed by atoms with van der Waals surface area (Å²) in [6.07, 6.45) is 7.04. The van der Waals surface area contributed by atoms with Gasteiger partial charge in [-0.05, 0) is 31.2 Å². The molecule has 0 atom stereocenters. The maximum Gasteiger partial charge on any atom is 0.260 e. The number of amides is 1. The fourth-order valence-electron chi connectivity index (χ4n) is 3.87. The average molecular weight is 445 g/mol. The highest BCUT2D eigenvalue weighted by Crippen LogP contribution is 2.32. The molecule has 33 heavy (non-hydrogen) atoms. The molecule has 1 aliphatic rings. The Bertz CT molecular complexity index is 1330. The molecule has 0 spiro atoms. The number of aromatic nitrogens is 6. The number of carbonyl (C=O) groups excluding carboxylic acids is 1. The third-order valence-electron chi connectivity index (χ3n) is 5.69. The lowest BCUT2D eigenvalue weighted by atomic mass is 10.1. The van der Waals surface area contributed by atoms with Gasteiger partial charge in [0.15, 0.2) is 5.75 Å². The Balaban J connectivity index is 1.34. The average Bonchev–Trinajstić information content (AvgIpc) is 3.56. The number of hydrogen-bond acceptors (Lipinski definition) is 7. The van der Waals surface area contributed by atoms with Gasteiger partial charge >= 0.3 is 0 Å². The van der Waals surface area contributed by atoms with E-state index in [1.165, 1.54) is 0 Å². The first kappa shape index (κ1) is 20.7. The zero-order valence-corrected chi connectivity index (χ0v) is 18.6. The summed E-state index contributed by atoms with van der Waals surface area (Å²) < 4.78 is 14.3. The maximum absolute atomic E-state index is 13.0. The first-order chi connectivity index (χ1) is 16.1. The van der Waals surface area contributed by atoms with Crippen LogP contribution in [-0.4, -0.2) is 49.7 Å². The minimum absolute atomic E-state index is 0.0862. The molecule has 0 aliphatic carbocycles. The monoisotopic (exact) mass is 445 g/mol. The molecule has 0 saturated heterocycles. The van der Waals surface area contributed by atoms with Gasteiger partial charge in [-0.3, -0.25) is 24.0 Å². The van der Waals surface area contributed by atoms with Crippen molar-refractivity contribution in [3.8, 4) is 22.9 Å². The fraction of sp³-hybridized carbons (Fsp3) is 0.261. The fourth-order valence-corrected chi connectivity index (χ4v) is 3.87. The number of rotatable bonds is 7. The lowest BCUT2D eigenvalue weighted by Crippen LogP contribution is -2.22. The van der Waals surface area contributed by atoms with E-state index in [2.05, 4.69) is 15.2 Å². The molecular weight excluding hydrogens is 422 g/mol. The number of fused-ring (bicyclic) bond motifs is 1. The molecule has 10 heteroatoms. The van der Waals surface area contributed by atoms with E-state index in [4.69, 9.17) is 14.5 Å². The summed E-state index contributed by atoms with van der Waals surface area (Å²) in [6, 6.07) is 7.41. The van der Waals surface area contributed by atoms with Crippen LogP contribution in [0.1, 0.15) is 21.7 Å². The van der Waals surface area contributed by atoms with Crippen molar-refractivity contribution in [2.75, 3.05) is 19.1 Å². The maximum atomic E-state index is 13.0. The molecule has 0 radical (unpaired) electrons. The number of ether oxygens (including phenoxy) is 2. The third kappa shape index (κ3) is 3.79. The van der Waals surface area contributed by atoms with E-state index in [9.17, 15) is 4.79 Å². The Hall–Kier alpha value is -4.21. The van der Waals surface area contributed by atoms with Gasteiger partial charge in [0.25, 0.3) is 11.8 Å². The van der Waals surface area contributed by atoms with Crippen LogP contribution in [0.15, 0.2) is 49.1 Å². The molecule has 5 heterocycles. The van der Waals surface area contributed by atoms with Gasteiger partial charge in [-0.2, -0.15) is 10.2 Å². The standard InChI is InChI=1S/C23H23N7O3/c1-15-6-7-25-30(15)9-8-28-13-17(12-26-28)29-14-20-18(23(29)31)4-5-19(27-20)16-10-21(32-2)22(33-3)24-11-16/h4-7,10-13H,8-9,14H2,1-3H3. The van der Waals surface area contributed by atoms with Crippen molar-refractivity contribution in [1.82, 2.24) is 29.5 Å². The summed E-state index contributed by atoms with van der Waals surface area (Å²) in [6.45, 7) is 3.76. The van der Waals surface area contributed by atoms with Crippen molar-refractivity contribution in [1.29, 1.82) is 0 Å². The lowest BCUT2D eigenvalue weighted by Gasteiger charge is -2.12. The molecule has 0 fully saturated rings. The van der Waals surface area contributed by atoms with Gasteiger partial charge in [-0.25, -0.2) is 4.98 Å². The highest BCUT2D eigenvalue weighted by atomic mass is 16.5. The van der Waals surface area contributed by atoms with Crippen molar-refractivity contribution < 1.29 is 14.3 Å². The molecule has 0 saturated carbocycles. The molecule has 1 amide bonds. The topological polar surface area (TPSA) is 100 Å². The van der Waals surface area contributed by atoms with Gasteiger partial charge in [-0.1, -0.05) is 0 Å². The van der Waals surface area contributed by atoms with Crippen LogP contribution in [0.4, 0.5) is 5.69 Å². The predicted molar refractivity (Wildman–Crippen MR) is 120 cm³/mol. The Morgan fingerprint density at radius 3 is 2.70 bits per heavy atom. The summed E-state index contributed by atoms with van der Waals surface area (Å²) in [5, 5.41) is 8.71. The van der Waals surface area contributed by atoms with Crippen molar-refractivity contribution in [2.24, 2.45) is 0 Å². The zero-order valence-electron chi connectivity index (χ0n) is 18.6. The van der Waals surface area contributed by atoms with E-state index in [0.29, 0.717) is 48.2 Å². The van der Waals surface area contributed by atoms with Crippen LogP contribution >= 0.6 is 0 Å². The highest BCUT2D eigenvalue weighted by molar-refractivity contribution is 6.09. The second kappa shape index (κ2) is 8.38. The molecule has 0 unspecified atom stereocenters. The van der Waals surface area contributed by atoms with Crippen LogP contribution in [0, 0.1) is 6.92 Å². The molecule has 1 aliphatic heterocycles. The number of anilines is 1. The minimum Gasteiger partial charge on any atom is -0.491 e. The largest absolute Gasteiger partial charge is 0.491 e. The molecule has 4 aromatic rings. The van der Waals surface area contributed by atoms with Crippen LogP contribution in [0.2, 0.25) is 0 Å². The van der Waals surface area contributed by atoms with Crippen LogP contribution in [0.3, 0.4) is 0 Å². The number of nitrogens with zero attached hydrogens (tertiary/aromatic N) is 7. The zero-order chi connectivity index (χ0) is 22.9. The van der Waals surface area contributed by atoms with E-state index in [-0.39, 0.29) is 5.91 Å². The lowest BCUT2D eigenvalue weighted by molar-refractivity contribution is 0.0996. The molecule has 4 aromatic heterocycles. The Morgan fingerprint density at radius 1 is 1.06 bits per heavy atom. The number of aryl methyl sites for hydroxylation is 3. The van der Waals surface area contributed by atoms with Crippen molar-refractivity contribution in [3.05, 3.63) is 66.0 Å². The second-order valence-corrected chi connectivity index (χ2v) is 7.67. The van der Waals surface area contributed by atoms with Crippen LogP contribution in [0.25, 0.3) is 11.3 Å². The number of pyridine rings is 2. The first-order valence-corrected chi connectivity index (χ1v) is 10.5. The summed E-state index contributed by atoms with van der Waals surface area (Å²) in [7, 11) is 3.10. The van der Waals surface area contributed by atoms with Crippen molar-refractivity contribution in [2.45, 2.75) is 26.6 Å². The SMILES string of the molecule is COc1cc(-c2ccc3c(n2)CN(c2cnn(CCn4nccc4C)c2)C3=O)cnc1OC. The van der Waals surface area contributed by atoms with Gasteiger partial charge < -0.3 is 9.47 Å². The van der Waals surface area contributed by atoms with Crippen LogP contribution in [0.5, 0.6) is 11.6 Å². The molecule has 10 nitrogen and oxygen atoms in total. The quantitative estimate of drug-likeness (QED) is 0.431. The smallest absolute Gasteiger partial charge is 0.260 e. The molecular formula is C23H23N7O3. The number of methoxy groups -OCH3 is 2. The number of hydrogen-bond donors (Lipinski definition) is 0. The normalized spacial score (nSPS) is 12.8. The Morgan fingerprint density at radius 2 is 1.94 bits per heavy atom. The van der Waals surface area contributed by atoms with E-state index < -0.39 is 0 Å². The van der Waals surface area contributed by atoms with Gasteiger partial charge in [0, 0.05) is 29.8 Å². The van der Waals surface area contributed by atoms with Crippen LogP contribution < -0.4 is 14.4 Å². The number of carbonyl (C=O) groups is 1. The molecule has 0 bridgehead atoms. The van der Waals surface area contributed by atoms with E-state index in [1.807, 2.05) is 46.7 Å². The Kier molecular flexibility index (Phi) is 5.25. The summed E-state index contributed by atoms with van der Waals surface area (Å²) in [4.78, 5) is 23.7. The summed E-state index contributed by atoms with van der Waals surface area (Å²) in [5.41, 5.74) is 4.63. The first-order valence-electron chi connectivity index (χ1n) is 10.5. The van der Waals surface area contributed by atoms with E-state index >= 15 is 0 Å². The van der Waals surface area contributed by atoms with Gasteiger partial charge in [0.2, 0.25) is 0 Å². The molecule has 0 N–H and O–H groups in total. The highest BCUT2D eigenvalue weighted by Gasteiger charge is 2.31. The minimum atomic E-state index is -0.0862. The summed E-state index contributed by atoms with van der Waals surface area (Å²) in [5.74, 6) is 0.841. The van der Waals surface area contributed by atoms with Gasteiger partial charge in [0.1, 0.15) is 0 Å². The van der Waals surface area contributed by atoms with E-state index in [1.54, 1.807) is 37.7 Å². The van der Waals surface area contributed by atoms with Gasteiger partial charge in [-0.15, -0.1) is 0 Å². The van der Waals surface area contributed by atoms with Gasteiger partial charge in [0.05, 0.1) is 62.7 Å². The van der Waals surface area contributed by atoms with E-state index in [0.717, 1.165) is 16.9 Å². The molecule has 0 aromatic carbocycles. The van der Waals surface area contributed by atoms with Crippen LogP contribution in [-0.2, 0) is 19.6 Å². The third-order valence-corrected chi connectivity index (χ3v) is 5.69. The Labute approximate surface area is 190 Å². The molecule has 5 rings (SSSR count). The predicted octanol–water partition coefficient (Wildman–Crippen LogP) is 2.72. The molecule has 168 valence electrons. The van der Waals surface area contributed by atoms with Crippen molar-refractivity contribution in [3.63, 3.8) is 0 Å². The van der Waals surface area contributed by atoms with Crippen molar-refractivity contribution >= 4 is 11.6 Å².